The van der Waals surface area contributed by atoms with Gasteiger partial charge in [-0.2, -0.15) is 0 Å². The van der Waals surface area contributed by atoms with E-state index in [1.165, 1.54) is 6.42 Å². The predicted octanol–water partition coefficient (Wildman–Crippen LogP) is 2.28. The van der Waals surface area contributed by atoms with Gasteiger partial charge in [-0.15, -0.1) is 0 Å². The van der Waals surface area contributed by atoms with Gasteiger partial charge in [0.15, 0.2) is 6.61 Å². The fourth-order valence-electron chi connectivity index (χ4n) is 1.95. The summed E-state index contributed by atoms with van der Waals surface area (Å²) < 4.78 is 5.01. The Hall–Kier alpha value is -2.04. The normalized spacial score (nSPS) is 14.5. The number of carboxylic acid groups (broad SMARTS) is 1. The lowest BCUT2D eigenvalue weighted by atomic mass is 9.83. The second-order valence-corrected chi connectivity index (χ2v) is 4.76. The van der Waals surface area contributed by atoms with Crippen molar-refractivity contribution in [3.8, 4) is 5.75 Å². The molecule has 2 N–H and O–H groups in total. The molecule has 1 aromatic rings. The second-order valence-electron chi connectivity index (χ2n) is 4.76. The van der Waals surface area contributed by atoms with E-state index in [2.05, 4.69) is 5.32 Å². The van der Waals surface area contributed by atoms with E-state index in [-0.39, 0.29) is 12.5 Å². The van der Waals surface area contributed by atoms with Gasteiger partial charge in [0.1, 0.15) is 5.75 Å². The van der Waals surface area contributed by atoms with Crippen LogP contribution in [0.1, 0.15) is 25.7 Å². The standard InChI is InChI=1S/C14H17NO4/c16-13(8-10-2-1-3-10)15-11-4-6-12(7-5-11)19-9-14(17)18/h4-7,10H,1-3,8-9H2,(H,15,16)(H,17,18). The molecule has 19 heavy (non-hydrogen) atoms. The Balaban J connectivity index is 1.80. The molecule has 1 aromatic carbocycles. The lowest BCUT2D eigenvalue weighted by molar-refractivity contribution is -0.139. The van der Waals surface area contributed by atoms with Gasteiger partial charge in [-0.1, -0.05) is 6.42 Å². The molecule has 2 rings (SSSR count). The van der Waals surface area contributed by atoms with Gasteiger partial charge < -0.3 is 15.2 Å². The van der Waals surface area contributed by atoms with Gasteiger partial charge in [-0.3, -0.25) is 4.79 Å². The number of carbonyl (C=O) groups is 2. The Morgan fingerprint density at radius 3 is 2.47 bits per heavy atom. The third-order valence-corrected chi connectivity index (χ3v) is 3.20. The van der Waals surface area contributed by atoms with Crippen molar-refractivity contribution < 1.29 is 19.4 Å². The molecule has 1 saturated carbocycles. The fourth-order valence-corrected chi connectivity index (χ4v) is 1.95. The number of rotatable bonds is 6. The first kappa shape index (κ1) is 13.4. The van der Waals surface area contributed by atoms with Crippen LogP contribution in [0.4, 0.5) is 5.69 Å². The van der Waals surface area contributed by atoms with Gasteiger partial charge in [0.05, 0.1) is 0 Å². The van der Waals surface area contributed by atoms with Gasteiger partial charge in [-0.25, -0.2) is 4.79 Å². The summed E-state index contributed by atoms with van der Waals surface area (Å²) >= 11 is 0. The van der Waals surface area contributed by atoms with E-state index in [0.29, 0.717) is 23.8 Å². The van der Waals surface area contributed by atoms with Gasteiger partial charge in [-0.05, 0) is 43.0 Å². The molecule has 1 amide bonds. The largest absolute Gasteiger partial charge is 0.482 e. The van der Waals surface area contributed by atoms with Crippen LogP contribution in [0.3, 0.4) is 0 Å². The van der Waals surface area contributed by atoms with Gasteiger partial charge in [0.25, 0.3) is 0 Å². The van der Waals surface area contributed by atoms with Crippen molar-refractivity contribution in [3.05, 3.63) is 24.3 Å². The van der Waals surface area contributed by atoms with Crippen LogP contribution in [-0.4, -0.2) is 23.6 Å². The van der Waals surface area contributed by atoms with E-state index in [4.69, 9.17) is 9.84 Å². The molecule has 0 atom stereocenters. The molecule has 1 fully saturated rings. The van der Waals surface area contributed by atoms with Gasteiger partial charge >= 0.3 is 5.97 Å². The van der Waals surface area contributed by atoms with E-state index in [0.717, 1.165) is 12.8 Å². The van der Waals surface area contributed by atoms with E-state index in [1.54, 1.807) is 24.3 Å². The fraction of sp³-hybridized carbons (Fsp3) is 0.429. The Kier molecular flexibility index (Phi) is 4.39. The van der Waals surface area contributed by atoms with Crippen LogP contribution in [0, 0.1) is 5.92 Å². The Morgan fingerprint density at radius 1 is 1.26 bits per heavy atom. The van der Waals surface area contributed by atoms with Crippen molar-refractivity contribution in [2.75, 3.05) is 11.9 Å². The van der Waals surface area contributed by atoms with Crippen LogP contribution >= 0.6 is 0 Å². The summed E-state index contributed by atoms with van der Waals surface area (Å²) in [5, 5.41) is 11.3. The maximum absolute atomic E-state index is 11.7. The molecule has 0 radical (unpaired) electrons. The zero-order valence-corrected chi connectivity index (χ0v) is 10.6. The zero-order valence-electron chi connectivity index (χ0n) is 10.6. The molecule has 5 nitrogen and oxygen atoms in total. The molecule has 0 unspecified atom stereocenters. The van der Waals surface area contributed by atoms with Crippen molar-refractivity contribution >= 4 is 17.6 Å². The average molecular weight is 263 g/mol. The third kappa shape index (κ3) is 4.28. The number of ether oxygens (including phenoxy) is 1. The number of benzene rings is 1. The predicted molar refractivity (Wildman–Crippen MR) is 70.2 cm³/mol. The molecule has 0 saturated heterocycles. The lowest BCUT2D eigenvalue weighted by Crippen LogP contribution is -2.20. The Labute approximate surface area is 111 Å². The first-order chi connectivity index (χ1) is 9.13. The van der Waals surface area contributed by atoms with Crippen LogP contribution in [0.25, 0.3) is 0 Å². The summed E-state index contributed by atoms with van der Waals surface area (Å²) in [6.45, 7) is -0.368. The van der Waals surface area contributed by atoms with Gasteiger partial charge in [0, 0.05) is 12.1 Å². The molecule has 1 aliphatic carbocycles. The number of hydrogen-bond donors (Lipinski definition) is 2. The van der Waals surface area contributed by atoms with E-state index < -0.39 is 5.97 Å². The highest BCUT2D eigenvalue weighted by molar-refractivity contribution is 5.90. The summed E-state index contributed by atoms with van der Waals surface area (Å²) in [5.41, 5.74) is 0.701. The number of carbonyl (C=O) groups excluding carboxylic acids is 1. The van der Waals surface area contributed by atoms with E-state index in [9.17, 15) is 9.59 Å². The Bertz CT molecular complexity index is 451. The highest BCUT2D eigenvalue weighted by atomic mass is 16.5. The molecule has 0 aromatic heterocycles. The monoisotopic (exact) mass is 263 g/mol. The molecular formula is C14H17NO4. The van der Waals surface area contributed by atoms with E-state index in [1.807, 2.05) is 0 Å². The highest BCUT2D eigenvalue weighted by Crippen LogP contribution is 2.29. The number of hydrogen-bond acceptors (Lipinski definition) is 3. The number of anilines is 1. The summed E-state index contributed by atoms with van der Waals surface area (Å²) in [5.74, 6) is 0.0272. The molecule has 0 spiro atoms. The molecule has 102 valence electrons. The number of aliphatic carboxylic acids is 1. The molecule has 5 heteroatoms. The van der Waals surface area contributed by atoms with Crippen LogP contribution < -0.4 is 10.1 Å². The molecule has 1 aliphatic rings. The SMILES string of the molecule is O=C(O)COc1ccc(NC(=O)CC2CCC2)cc1. The summed E-state index contributed by atoms with van der Waals surface area (Å²) in [7, 11) is 0. The maximum Gasteiger partial charge on any atom is 0.341 e. The zero-order chi connectivity index (χ0) is 13.7. The van der Waals surface area contributed by atoms with Crippen LogP contribution in [0.5, 0.6) is 5.75 Å². The van der Waals surface area contributed by atoms with Crippen molar-refractivity contribution in [2.45, 2.75) is 25.7 Å². The summed E-state index contributed by atoms with van der Waals surface area (Å²) in [6.07, 6.45) is 4.11. The van der Waals surface area contributed by atoms with Crippen molar-refractivity contribution in [1.29, 1.82) is 0 Å². The minimum atomic E-state index is -1.02. The third-order valence-electron chi connectivity index (χ3n) is 3.20. The topological polar surface area (TPSA) is 75.6 Å². The Morgan fingerprint density at radius 2 is 1.95 bits per heavy atom. The summed E-state index contributed by atoms with van der Waals surface area (Å²) in [6, 6.07) is 6.69. The number of amides is 1. The smallest absolute Gasteiger partial charge is 0.341 e. The lowest BCUT2D eigenvalue weighted by Gasteiger charge is -2.24. The average Bonchev–Trinajstić information content (AvgIpc) is 2.33. The van der Waals surface area contributed by atoms with E-state index >= 15 is 0 Å². The molecule has 0 bridgehead atoms. The van der Waals surface area contributed by atoms with Crippen molar-refractivity contribution in [2.24, 2.45) is 5.92 Å². The summed E-state index contributed by atoms with van der Waals surface area (Å²) in [4.78, 5) is 22.0. The van der Waals surface area contributed by atoms with Crippen LogP contribution in [0.2, 0.25) is 0 Å². The first-order valence-electron chi connectivity index (χ1n) is 6.38. The van der Waals surface area contributed by atoms with Crippen LogP contribution in [-0.2, 0) is 9.59 Å². The van der Waals surface area contributed by atoms with Crippen molar-refractivity contribution in [1.82, 2.24) is 0 Å². The van der Waals surface area contributed by atoms with Gasteiger partial charge in [0.2, 0.25) is 5.91 Å². The molecule has 0 aliphatic heterocycles. The molecular weight excluding hydrogens is 246 g/mol. The first-order valence-corrected chi connectivity index (χ1v) is 6.38. The van der Waals surface area contributed by atoms with Crippen LogP contribution in [0.15, 0.2) is 24.3 Å². The minimum absolute atomic E-state index is 0.0314. The minimum Gasteiger partial charge on any atom is -0.482 e. The number of nitrogens with one attached hydrogen (secondary N) is 1. The van der Waals surface area contributed by atoms with Crippen molar-refractivity contribution in [3.63, 3.8) is 0 Å². The maximum atomic E-state index is 11.7. The molecule has 0 heterocycles. The quantitative estimate of drug-likeness (QED) is 0.825. The number of carboxylic acids is 1. The second kappa shape index (κ2) is 6.22. The highest BCUT2D eigenvalue weighted by Gasteiger charge is 2.20.